The fraction of sp³-hybridized carbons (Fsp3) is 0.250. The zero-order chi connectivity index (χ0) is 11.6. The van der Waals surface area contributed by atoms with E-state index in [9.17, 15) is 8.42 Å². The van der Waals surface area contributed by atoms with Gasteiger partial charge in [0.1, 0.15) is 0 Å². The molecule has 16 heavy (non-hydrogen) atoms. The van der Waals surface area contributed by atoms with Crippen LogP contribution in [0.4, 0.5) is 0 Å². The first-order chi connectivity index (χ1) is 7.61. The van der Waals surface area contributed by atoms with Gasteiger partial charge in [0.05, 0.1) is 18.1 Å². The highest BCUT2D eigenvalue weighted by atomic mass is 32.2. The number of rotatable bonds is 4. The molecule has 0 aliphatic heterocycles. The van der Waals surface area contributed by atoms with Crippen LogP contribution in [0, 0.1) is 0 Å². The molecule has 0 atom stereocenters. The summed E-state index contributed by atoms with van der Waals surface area (Å²) in [6.07, 6.45) is 4.46. The van der Waals surface area contributed by atoms with Gasteiger partial charge in [-0.2, -0.15) is 13.5 Å². The third kappa shape index (κ3) is 2.39. The van der Waals surface area contributed by atoms with E-state index < -0.39 is 10.1 Å². The van der Waals surface area contributed by atoms with E-state index in [0.29, 0.717) is 5.13 Å². The number of nitrogens with zero attached hydrogens (tertiary/aromatic N) is 3. The minimum Gasteiger partial charge on any atom is -0.379 e. The van der Waals surface area contributed by atoms with Crippen LogP contribution in [0.3, 0.4) is 0 Å². The number of hydrogen-bond acceptors (Lipinski definition) is 6. The lowest BCUT2D eigenvalue weighted by molar-refractivity contribution is 0.487. The van der Waals surface area contributed by atoms with E-state index >= 15 is 0 Å². The van der Waals surface area contributed by atoms with Crippen molar-refractivity contribution in [1.29, 1.82) is 0 Å². The first-order valence-corrected chi connectivity index (χ1v) is 6.93. The van der Waals surface area contributed by atoms with Gasteiger partial charge in [-0.15, -0.1) is 11.3 Å². The zero-order valence-corrected chi connectivity index (χ0v) is 10.0. The molecule has 0 aromatic carbocycles. The van der Waals surface area contributed by atoms with Crippen molar-refractivity contribution < 1.29 is 12.6 Å². The molecule has 2 rings (SSSR count). The lowest BCUT2D eigenvalue weighted by atomic mass is 10.7. The summed E-state index contributed by atoms with van der Waals surface area (Å²) in [5.74, 6) is 0.118. The topological polar surface area (TPSA) is 74.1 Å². The van der Waals surface area contributed by atoms with E-state index in [1.54, 1.807) is 11.6 Å². The van der Waals surface area contributed by atoms with Crippen LogP contribution < -0.4 is 4.18 Å². The van der Waals surface area contributed by atoms with Crippen molar-refractivity contribution in [3.63, 3.8) is 0 Å². The minimum atomic E-state index is -3.50. The van der Waals surface area contributed by atoms with Gasteiger partial charge in [0.15, 0.2) is 5.75 Å². The van der Waals surface area contributed by atoms with Crippen LogP contribution in [0.2, 0.25) is 0 Å². The van der Waals surface area contributed by atoms with E-state index in [-0.39, 0.29) is 11.5 Å². The van der Waals surface area contributed by atoms with Crippen molar-refractivity contribution >= 4 is 21.5 Å². The fourth-order valence-electron chi connectivity index (χ4n) is 0.989. The summed E-state index contributed by atoms with van der Waals surface area (Å²) in [4.78, 5) is 4.03. The zero-order valence-electron chi connectivity index (χ0n) is 8.40. The quantitative estimate of drug-likeness (QED) is 0.767. The third-order valence-electron chi connectivity index (χ3n) is 1.75. The smallest absolute Gasteiger partial charge is 0.309 e. The second-order valence-corrected chi connectivity index (χ2v) is 5.60. The van der Waals surface area contributed by atoms with Gasteiger partial charge in [-0.25, -0.2) is 9.67 Å². The van der Waals surface area contributed by atoms with Crippen LogP contribution >= 0.6 is 11.3 Å². The van der Waals surface area contributed by atoms with Crippen LogP contribution in [-0.2, 0) is 10.1 Å². The predicted octanol–water partition coefficient (Wildman–Crippen LogP) is 1.06. The molecule has 0 bridgehead atoms. The third-order valence-corrected chi connectivity index (χ3v) is 3.67. The lowest BCUT2D eigenvalue weighted by Gasteiger charge is -1.99. The molecule has 0 aliphatic carbocycles. The van der Waals surface area contributed by atoms with Crippen LogP contribution in [0.5, 0.6) is 5.75 Å². The lowest BCUT2D eigenvalue weighted by Crippen LogP contribution is -2.10. The summed E-state index contributed by atoms with van der Waals surface area (Å²) in [6.45, 7) is 1.51. The SMILES string of the molecule is CCS(=O)(=O)Oc1cnn(-c2nccs2)c1. The molecular weight excluding hydrogens is 250 g/mol. The highest BCUT2D eigenvalue weighted by Gasteiger charge is 2.11. The fourth-order valence-corrected chi connectivity index (χ4v) is 2.06. The predicted molar refractivity (Wildman–Crippen MR) is 59.3 cm³/mol. The molecular formula is C8H9N3O3S2. The molecule has 6 nitrogen and oxygen atoms in total. The maximum absolute atomic E-state index is 11.2. The van der Waals surface area contributed by atoms with E-state index in [2.05, 4.69) is 10.1 Å². The number of thiazole rings is 1. The van der Waals surface area contributed by atoms with Crippen LogP contribution in [0.15, 0.2) is 24.0 Å². The molecule has 0 spiro atoms. The molecule has 2 heterocycles. The molecule has 0 unspecified atom stereocenters. The summed E-state index contributed by atoms with van der Waals surface area (Å²) in [6, 6.07) is 0. The van der Waals surface area contributed by atoms with Crippen molar-refractivity contribution in [2.24, 2.45) is 0 Å². The van der Waals surface area contributed by atoms with E-state index in [1.807, 2.05) is 0 Å². The van der Waals surface area contributed by atoms with Crippen molar-refractivity contribution in [3.8, 4) is 10.9 Å². The van der Waals surface area contributed by atoms with Gasteiger partial charge in [0.2, 0.25) is 5.13 Å². The van der Waals surface area contributed by atoms with Gasteiger partial charge in [-0.3, -0.25) is 0 Å². The Labute approximate surface area is 96.6 Å². The highest BCUT2D eigenvalue weighted by Crippen LogP contribution is 2.16. The van der Waals surface area contributed by atoms with Gasteiger partial charge >= 0.3 is 10.1 Å². The average molecular weight is 259 g/mol. The summed E-state index contributed by atoms with van der Waals surface area (Å²) < 4.78 is 28.6. The van der Waals surface area contributed by atoms with Crippen LogP contribution in [-0.4, -0.2) is 28.9 Å². The molecule has 2 aromatic heterocycles. The summed E-state index contributed by atoms with van der Waals surface area (Å²) in [5.41, 5.74) is 0. The Bertz CT molecular complexity index is 559. The molecule has 0 radical (unpaired) electrons. The Morgan fingerprint density at radius 2 is 2.38 bits per heavy atom. The number of aromatic nitrogens is 3. The summed E-state index contributed by atoms with van der Waals surface area (Å²) in [5, 5.41) is 6.41. The Morgan fingerprint density at radius 3 is 3.00 bits per heavy atom. The normalized spacial score (nSPS) is 11.6. The molecule has 0 N–H and O–H groups in total. The first kappa shape index (κ1) is 11.1. The molecule has 0 saturated carbocycles. The second kappa shape index (κ2) is 4.22. The minimum absolute atomic E-state index is 0.0740. The Kier molecular flexibility index (Phi) is 2.92. The molecule has 0 amide bonds. The molecule has 86 valence electrons. The first-order valence-electron chi connectivity index (χ1n) is 4.47. The van der Waals surface area contributed by atoms with Gasteiger partial charge in [0, 0.05) is 11.6 Å². The molecule has 8 heteroatoms. The maximum atomic E-state index is 11.2. The summed E-state index contributed by atoms with van der Waals surface area (Å²) >= 11 is 1.40. The van der Waals surface area contributed by atoms with Gasteiger partial charge in [-0.1, -0.05) is 0 Å². The van der Waals surface area contributed by atoms with Crippen molar-refractivity contribution in [3.05, 3.63) is 24.0 Å². The summed E-state index contributed by atoms with van der Waals surface area (Å²) in [7, 11) is -3.50. The van der Waals surface area contributed by atoms with E-state index in [1.165, 1.54) is 35.3 Å². The van der Waals surface area contributed by atoms with Crippen molar-refractivity contribution in [2.45, 2.75) is 6.92 Å². The standard InChI is InChI=1S/C8H9N3O3S2/c1-2-16(12,13)14-7-5-10-11(6-7)8-9-3-4-15-8/h3-6H,2H2,1H3. The molecule has 0 saturated heterocycles. The average Bonchev–Trinajstić information content (AvgIpc) is 2.86. The largest absolute Gasteiger partial charge is 0.379 e. The van der Waals surface area contributed by atoms with Crippen LogP contribution in [0.25, 0.3) is 5.13 Å². The van der Waals surface area contributed by atoms with Crippen molar-refractivity contribution in [2.75, 3.05) is 5.75 Å². The van der Waals surface area contributed by atoms with E-state index in [0.717, 1.165) is 0 Å². The monoisotopic (exact) mass is 259 g/mol. The van der Waals surface area contributed by atoms with Crippen molar-refractivity contribution in [1.82, 2.24) is 14.8 Å². The van der Waals surface area contributed by atoms with E-state index in [4.69, 9.17) is 4.18 Å². The number of hydrogen-bond donors (Lipinski definition) is 0. The van der Waals surface area contributed by atoms with Gasteiger partial charge in [0.25, 0.3) is 0 Å². The van der Waals surface area contributed by atoms with Gasteiger partial charge in [-0.05, 0) is 6.92 Å². The van der Waals surface area contributed by atoms with Crippen LogP contribution in [0.1, 0.15) is 6.92 Å². The Balaban J connectivity index is 2.21. The maximum Gasteiger partial charge on any atom is 0.309 e. The Morgan fingerprint density at radius 1 is 1.56 bits per heavy atom. The molecule has 0 aliphatic rings. The molecule has 2 aromatic rings. The molecule has 0 fully saturated rings. The second-order valence-electron chi connectivity index (χ2n) is 2.86. The van der Waals surface area contributed by atoms with Gasteiger partial charge < -0.3 is 4.18 Å². The highest BCUT2D eigenvalue weighted by molar-refractivity contribution is 7.87. The Hall–Kier alpha value is -1.41.